The molecular formula is C7H9ClN2O2. The standard InChI is InChI=1S/C7H9ClN2O2/c1-12-6-3-4(8)2-5(10-9)7(6)11/h2-3,10-11H,9H2,1H3. The highest BCUT2D eigenvalue weighted by molar-refractivity contribution is 6.31. The summed E-state index contributed by atoms with van der Waals surface area (Å²) in [4.78, 5) is 0. The lowest BCUT2D eigenvalue weighted by molar-refractivity contribution is 0.374. The van der Waals surface area contributed by atoms with E-state index in [0.717, 1.165) is 0 Å². The van der Waals surface area contributed by atoms with Gasteiger partial charge in [-0.1, -0.05) is 11.6 Å². The van der Waals surface area contributed by atoms with Gasteiger partial charge in [-0.2, -0.15) is 0 Å². The molecule has 0 amide bonds. The second kappa shape index (κ2) is 3.51. The monoisotopic (exact) mass is 188 g/mol. The maximum Gasteiger partial charge on any atom is 0.182 e. The van der Waals surface area contributed by atoms with Gasteiger partial charge in [0, 0.05) is 11.1 Å². The average Bonchev–Trinajstić information content (AvgIpc) is 2.08. The smallest absolute Gasteiger partial charge is 0.182 e. The van der Waals surface area contributed by atoms with Crippen molar-refractivity contribution >= 4 is 17.3 Å². The topological polar surface area (TPSA) is 67.5 Å². The Hall–Kier alpha value is -1.13. The molecule has 1 aromatic rings. The molecule has 0 heterocycles. The first-order chi connectivity index (χ1) is 5.69. The van der Waals surface area contributed by atoms with Gasteiger partial charge < -0.3 is 15.3 Å². The van der Waals surface area contributed by atoms with Crippen molar-refractivity contribution in [1.82, 2.24) is 0 Å². The summed E-state index contributed by atoms with van der Waals surface area (Å²) in [6.45, 7) is 0. The molecule has 1 rings (SSSR count). The summed E-state index contributed by atoms with van der Waals surface area (Å²) in [5, 5.41) is 9.83. The van der Waals surface area contributed by atoms with E-state index in [1.165, 1.54) is 19.2 Å². The van der Waals surface area contributed by atoms with Crippen molar-refractivity contribution in [3.8, 4) is 11.5 Å². The number of hydrazine groups is 1. The highest BCUT2D eigenvalue weighted by Crippen LogP contribution is 2.36. The van der Waals surface area contributed by atoms with Crippen LogP contribution in [0.1, 0.15) is 0 Å². The van der Waals surface area contributed by atoms with Gasteiger partial charge in [0.1, 0.15) is 0 Å². The number of rotatable bonds is 2. The van der Waals surface area contributed by atoms with Crippen molar-refractivity contribution in [1.29, 1.82) is 0 Å². The number of phenols is 1. The lowest BCUT2D eigenvalue weighted by Crippen LogP contribution is -2.07. The molecule has 0 saturated heterocycles. The van der Waals surface area contributed by atoms with Crippen LogP contribution in [-0.2, 0) is 0 Å². The number of aromatic hydroxyl groups is 1. The van der Waals surface area contributed by atoms with Crippen molar-refractivity contribution < 1.29 is 9.84 Å². The summed E-state index contributed by atoms with van der Waals surface area (Å²) in [6.07, 6.45) is 0. The third-order valence-corrected chi connectivity index (χ3v) is 1.63. The van der Waals surface area contributed by atoms with Gasteiger partial charge in [-0.15, -0.1) is 0 Å². The first-order valence-electron chi connectivity index (χ1n) is 3.22. The Morgan fingerprint density at radius 3 is 2.75 bits per heavy atom. The SMILES string of the molecule is COc1cc(Cl)cc(NN)c1O. The van der Waals surface area contributed by atoms with E-state index < -0.39 is 0 Å². The van der Waals surface area contributed by atoms with Gasteiger partial charge in [-0.05, 0) is 6.07 Å². The number of nitrogen functional groups attached to an aromatic ring is 1. The zero-order valence-electron chi connectivity index (χ0n) is 6.47. The van der Waals surface area contributed by atoms with Crippen molar-refractivity contribution in [2.45, 2.75) is 0 Å². The first kappa shape index (κ1) is 8.96. The van der Waals surface area contributed by atoms with Crippen LogP contribution in [-0.4, -0.2) is 12.2 Å². The maximum atomic E-state index is 9.39. The zero-order valence-corrected chi connectivity index (χ0v) is 7.22. The molecule has 0 radical (unpaired) electrons. The maximum absolute atomic E-state index is 9.39. The van der Waals surface area contributed by atoms with Gasteiger partial charge in [0.2, 0.25) is 0 Å². The van der Waals surface area contributed by atoms with Gasteiger partial charge in [0.15, 0.2) is 11.5 Å². The molecule has 66 valence electrons. The minimum atomic E-state index is -0.0515. The van der Waals surface area contributed by atoms with E-state index in [4.69, 9.17) is 22.2 Å². The van der Waals surface area contributed by atoms with E-state index >= 15 is 0 Å². The number of hydrogen-bond acceptors (Lipinski definition) is 4. The number of hydrogen-bond donors (Lipinski definition) is 3. The fourth-order valence-electron chi connectivity index (χ4n) is 0.840. The van der Waals surface area contributed by atoms with Crippen LogP contribution in [0.3, 0.4) is 0 Å². The molecule has 0 spiro atoms. The summed E-state index contributed by atoms with van der Waals surface area (Å²) < 4.78 is 4.84. The highest BCUT2D eigenvalue weighted by Gasteiger charge is 2.07. The van der Waals surface area contributed by atoms with Crippen LogP contribution in [0, 0.1) is 0 Å². The molecule has 12 heavy (non-hydrogen) atoms. The van der Waals surface area contributed by atoms with Crippen LogP contribution in [0.2, 0.25) is 5.02 Å². The Labute approximate surface area is 74.9 Å². The molecule has 0 bridgehead atoms. The molecule has 0 fully saturated rings. The molecule has 1 aromatic carbocycles. The second-order valence-corrected chi connectivity index (χ2v) is 2.58. The summed E-state index contributed by atoms with van der Waals surface area (Å²) >= 11 is 5.69. The Balaban J connectivity index is 3.22. The molecule has 0 unspecified atom stereocenters. The highest BCUT2D eigenvalue weighted by atomic mass is 35.5. The Morgan fingerprint density at radius 2 is 2.25 bits per heavy atom. The molecule has 0 aliphatic heterocycles. The van der Waals surface area contributed by atoms with Gasteiger partial charge >= 0.3 is 0 Å². The molecule has 5 heteroatoms. The molecule has 0 aliphatic carbocycles. The van der Waals surface area contributed by atoms with Gasteiger partial charge in [-0.25, -0.2) is 0 Å². The number of anilines is 1. The lowest BCUT2D eigenvalue weighted by atomic mass is 10.3. The number of nitrogens with two attached hydrogens (primary N) is 1. The molecular weight excluding hydrogens is 180 g/mol. The van der Waals surface area contributed by atoms with E-state index in [1.807, 2.05) is 0 Å². The predicted molar refractivity (Wildman–Crippen MR) is 47.5 cm³/mol. The molecule has 0 atom stereocenters. The van der Waals surface area contributed by atoms with Crippen LogP contribution in [0.5, 0.6) is 11.5 Å². The third kappa shape index (κ3) is 1.54. The Bertz CT molecular complexity index is 266. The number of methoxy groups -OCH3 is 1. The number of benzene rings is 1. The van der Waals surface area contributed by atoms with Crippen molar-refractivity contribution in [2.75, 3.05) is 12.5 Å². The molecule has 0 saturated carbocycles. The van der Waals surface area contributed by atoms with Crippen LogP contribution in [0.4, 0.5) is 5.69 Å². The van der Waals surface area contributed by atoms with E-state index in [2.05, 4.69) is 5.43 Å². The summed E-state index contributed by atoms with van der Waals surface area (Å²) in [6, 6.07) is 3.00. The summed E-state index contributed by atoms with van der Waals surface area (Å²) in [5.74, 6) is 5.35. The quantitative estimate of drug-likeness (QED) is 0.372. The Kier molecular flexibility index (Phi) is 2.62. The van der Waals surface area contributed by atoms with Gasteiger partial charge in [0.05, 0.1) is 12.8 Å². The van der Waals surface area contributed by atoms with Crippen molar-refractivity contribution in [2.24, 2.45) is 5.84 Å². The van der Waals surface area contributed by atoms with Crippen molar-refractivity contribution in [3.63, 3.8) is 0 Å². The molecule has 4 nitrogen and oxygen atoms in total. The minimum Gasteiger partial charge on any atom is -0.503 e. The lowest BCUT2D eigenvalue weighted by Gasteiger charge is -2.08. The minimum absolute atomic E-state index is 0.0515. The normalized spacial score (nSPS) is 9.58. The average molecular weight is 189 g/mol. The third-order valence-electron chi connectivity index (χ3n) is 1.42. The van der Waals surface area contributed by atoms with E-state index in [-0.39, 0.29) is 11.5 Å². The van der Waals surface area contributed by atoms with E-state index in [9.17, 15) is 5.11 Å². The van der Waals surface area contributed by atoms with Gasteiger partial charge in [-0.3, -0.25) is 5.84 Å². The number of ether oxygens (including phenoxy) is 1. The van der Waals surface area contributed by atoms with Crippen molar-refractivity contribution in [3.05, 3.63) is 17.2 Å². The van der Waals surface area contributed by atoms with Crippen LogP contribution >= 0.6 is 11.6 Å². The van der Waals surface area contributed by atoms with E-state index in [0.29, 0.717) is 10.7 Å². The number of halogens is 1. The predicted octanol–water partition coefficient (Wildman–Crippen LogP) is 1.34. The second-order valence-electron chi connectivity index (χ2n) is 2.15. The van der Waals surface area contributed by atoms with Crippen LogP contribution < -0.4 is 16.0 Å². The van der Waals surface area contributed by atoms with Gasteiger partial charge in [0.25, 0.3) is 0 Å². The van der Waals surface area contributed by atoms with E-state index in [1.54, 1.807) is 0 Å². The fraction of sp³-hybridized carbons (Fsp3) is 0.143. The van der Waals surface area contributed by atoms with Crippen LogP contribution in [0.15, 0.2) is 12.1 Å². The largest absolute Gasteiger partial charge is 0.503 e. The fourth-order valence-corrected chi connectivity index (χ4v) is 1.05. The molecule has 0 aromatic heterocycles. The molecule has 4 N–H and O–H groups in total. The summed E-state index contributed by atoms with van der Waals surface area (Å²) in [5.41, 5.74) is 2.63. The first-order valence-corrected chi connectivity index (χ1v) is 3.60. The zero-order chi connectivity index (χ0) is 9.14. The van der Waals surface area contributed by atoms with Crippen LogP contribution in [0.25, 0.3) is 0 Å². The Morgan fingerprint density at radius 1 is 1.58 bits per heavy atom. The summed E-state index contributed by atoms with van der Waals surface area (Å²) in [7, 11) is 1.44. The number of phenolic OH excluding ortho intramolecular Hbond substituents is 1. The number of nitrogens with one attached hydrogen (secondary N) is 1. The molecule has 0 aliphatic rings.